The van der Waals surface area contributed by atoms with E-state index < -0.39 is 11.1 Å². The van der Waals surface area contributed by atoms with Crippen molar-refractivity contribution in [2.45, 2.75) is 72.6 Å². The van der Waals surface area contributed by atoms with Crippen molar-refractivity contribution >= 4 is 11.1 Å². The van der Waals surface area contributed by atoms with Crippen LogP contribution in [-0.4, -0.2) is 36.9 Å². The zero-order valence-corrected chi connectivity index (χ0v) is 18.9. The first kappa shape index (κ1) is 24.4. The van der Waals surface area contributed by atoms with Crippen LogP contribution in [0.5, 0.6) is 0 Å². The Balaban J connectivity index is 2.64. The summed E-state index contributed by atoms with van der Waals surface area (Å²) in [5, 5.41) is 0. The van der Waals surface area contributed by atoms with E-state index in [1.165, 1.54) is 55.9 Å². The molecule has 4 nitrogen and oxygen atoms in total. The molecule has 1 aliphatic carbocycles. The predicted octanol–water partition coefficient (Wildman–Crippen LogP) is 5.57. The highest BCUT2D eigenvalue weighted by atomic mass is 32.2. The van der Waals surface area contributed by atoms with Gasteiger partial charge in [0, 0.05) is 12.7 Å². The molecule has 5 heteroatoms. The summed E-state index contributed by atoms with van der Waals surface area (Å²) in [5.74, 6) is 2.31. The first-order valence-corrected chi connectivity index (χ1v) is 12.1. The molecule has 0 saturated carbocycles. The van der Waals surface area contributed by atoms with Gasteiger partial charge >= 0.3 is 0 Å². The minimum atomic E-state index is -1.23. The monoisotopic (exact) mass is 400 g/mol. The molecule has 0 bridgehead atoms. The van der Waals surface area contributed by atoms with Crippen molar-refractivity contribution in [1.82, 2.24) is 0 Å². The van der Waals surface area contributed by atoms with Crippen LogP contribution in [0.4, 0.5) is 0 Å². The molecule has 0 aromatic carbocycles. The summed E-state index contributed by atoms with van der Waals surface area (Å²) in [6.07, 6.45) is 12.5. The smallest absolute Gasteiger partial charge is 0.152 e. The highest BCUT2D eigenvalue weighted by Gasteiger charge is 2.24. The van der Waals surface area contributed by atoms with Gasteiger partial charge in [-0.05, 0) is 37.2 Å². The maximum atomic E-state index is 10.8. The molecule has 0 heterocycles. The van der Waals surface area contributed by atoms with Crippen LogP contribution >= 0.6 is 0 Å². The predicted molar refractivity (Wildman–Crippen MR) is 114 cm³/mol. The Morgan fingerprint density at radius 1 is 1.11 bits per heavy atom. The third-order valence-electron chi connectivity index (χ3n) is 5.19. The van der Waals surface area contributed by atoms with Crippen LogP contribution in [-0.2, 0) is 24.7 Å². The summed E-state index contributed by atoms with van der Waals surface area (Å²) in [4.78, 5) is 0. The van der Waals surface area contributed by atoms with Crippen molar-refractivity contribution in [3.63, 3.8) is 0 Å². The maximum Gasteiger partial charge on any atom is 0.152 e. The number of unbranched alkanes of at least 4 members (excludes halogenated alkanes) is 2. The number of hydrogen-bond acceptors (Lipinski definition) is 4. The summed E-state index contributed by atoms with van der Waals surface area (Å²) < 4.78 is 27.5. The van der Waals surface area contributed by atoms with Crippen molar-refractivity contribution < 1.29 is 17.9 Å². The second kappa shape index (κ2) is 14.4. The van der Waals surface area contributed by atoms with Crippen molar-refractivity contribution in [2.75, 3.05) is 32.7 Å². The molecule has 3 unspecified atom stereocenters. The molecule has 0 radical (unpaired) electrons. The summed E-state index contributed by atoms with van der Waals surface area (Å²) in [6.45, 7) is 10.9. The van der Waals surface area contributed by atoms with Crippen LogP contribution in [0.2, 0.25) is 0 Å². The molecule has 0 aliphatic heterocycles. The van der Waals surface area contributed by atoms with Crippen molar-refractivity contribution in [2.24, 2.45) is 11.8 Å². The molecule has 0 fully saturated rings. The van der Waals surface area contributed by atoms with E-state index in [-0.39, 0.29) is 0 Å². The van der Waals surface area contributed by atoms with Crippen LogP contribution in [0.1, 0.15) is 72.6 Å². The topological polar surface area (TPSA) is 44.8 Å². The molecule has 3 atom stereocenters. The van der Waals surface area contributed by atoms with Gasteiger partial charge in [-0.2, -0.15) is 0 Å². The number of allylic oxidation sites excluding steroid dienone is 4. The van der Waals surface area contributed by atoms with Gasteiger partial charge < -0.3 is 9.47 Å². The molecule has 0 spiro atoms. The fraction of sp³-hybridized carbons (Fsp3) is 0.818. The average Bonchev–Trinajstić information content (AvgIpc) is 2.62. The molecule has 1 aliphatic rings. The number of ether oxygens (including phenoxy) is 2. The van der Waals surface area contributed by atoms with Crippen LogP contribution in [0.25, 0.3) is 0 Å². The van der Waals surface area contributed by atoms with Gasteiger partial charge in [-0.15, -0.1) is 0 Å². The Labute approximate surface area is 169 Å². The standard InChI is InChI=1S/C22H40O4S/c1-6-8-9-11-20(10-7-2)21-16-18(3)19(4)17-22(21)25-14-12-24-13-15-26-27(5)23/h16,19-20H,6-15,17H2,1-5H3. The van der Waals surface area contributed by atoms with Crippen LogP contribution in [0, 0.1) is 11.8 Å². The van der Waals surface area contributed by atoms with E-state index >= 15 is 0 Å². The molecule has 158 valence electrons. The Bertz CT molecular complexity index is 499. The summed E-state index contributed by atoms with van der Waals surface area (Å²) >= 11 is -1.23. The second-order valence-electron chi connectivity index (χ2n) is 7.54. The Morgan fingerprint density at radius 3 is 2.52 bits per heavy atom. The van der Waals surface area contributed by atoms with E-state index in [1.54, 1.807) is 0 Å². The van der Waals surface area contributed by atoms with E-state index in [2.05, 4.69) is 33.8 Å². The number of rotatable bonds is 15. The summed E-state index contributed by atoms with van der Waals surface area (Å²) in [7, 11) is 0. The maximum absolute atomic E-state index is 10.8. The minimum Gasteiger partial charge on any atom is -0.495 e. The van der Waals surface area contributed by atoms with Crippen LogP contribution in [0.15, 0.2) is 23.0 Å². The normalized spacial score (nSPS) is 19.7. The van der Waals surface area contributed by atoms with Crippen molar-refractivity contribution in [3.05, 3.63) is 23.0 Å². The second-order valence-corrected chi connectivity index (χ2v) is 8.58. The van der Waals surface area contributed by atoms with Crippen molar-refractivity contribution in [1.29, 1.82) is 0 Å². The molecule has 27 heavy (non-hydrogen) atoms. The van der Waals surface area contributed by atoms with Crippen LogP contribution < -0.4 is 0 Å². The first-order chi connectivity index (χ1) is 13.0. The molecule has 0 aromatic rings. The Kier molecular flexibility index (Phi) is 13.0. The Hall–Kier alpha value is -0.650. The van der Waals surface area contributed by atoms with Gasteiger partial charge in [-0.1, -0.05) is 58.1 Å². The fourth-order valence-electron chi connectivity index (χ4n) is 3.49. The largest absolute Gasteiger partial charge is 0.495 e. The highest BCUT2D eigenvalue weighted by molar-refractivity contribution is 7.79. The number of hydrogen-bond donors (Lipinski definition) is 0. The SMILES string of the molecule is CCCCCC(CCC)C1=C(OCCOCCOS(C)=O)CC(C)C(C)=C1. The quantitative estimate of drug-likeness (QED) is 0.337. The van der Waals surface area contributed by atoms with E-state index in [0.29, 0.717) is 38.3 Å². The lowest BCUT2D eigenvalue weighted by Crippen LogP contribution is -2.17. The van der Waals surface area contributed by atoms with E-state index in [9.17, 15) is 4.21 Å². The lowest BCUT2D eigenvalue weighted by atomic mass is 9.81. The lowest BCUT2D eigenvalue weighted by molar-refractivity contribution is 0.0565. The molecular weight excluding hydrogens is 360 g/mol. The van der Waals surface area contributed by atoms with Gasteiger partial charge in [0.1, 0.15) is 12.4 Å². The zero-order chi connectivity index (χ0) is 20.1. The average molecular weight is 401 g/mol. The summed E-state index contributed by atoms with van der Waals surface area (Å²) in [5.41, 5.74) is 2.89. The minimum absolute atomic E-state index is 0.353. The molecule has 0 aromatic heterocycles. The van der Waals surface area contributed by atoms with E-state index in [4.69, 9.17) is 13.7 Å². The van der Waals surface area contributed by atoms with Gasteiger partial charge in [0.25, 0.3) is 0 Å². The third-order valence-corrected chi connectivity index (χ3v) is 5.69. The first-order valence-electron chi connectivity index (χ1n) is 10.6. The highest BCUT2D eigenvalue weighted by Crippen LogP contribution is 2.36. The molecular formula is C22H40O4S. The zero-order valence-electron chi connectivity index (χ0n) is 18.1. The van der Waals surface area contributed by atoms with Gasteiger partial charge in [-0.25, -0.2) is 4.21 Å². The third kappa shape index (κ3) is 9.91. The Morgan fingerprint density at radius 2 is 1.85 bits per heavy atom. The van der Waals surface area contributed by atoms with Gasteiger partial charge in [0.05, 0.1) is 19.8 Å². The van der Waals surface area contributed by atoms with Gasteiger partial charge in [-0.3, -0.25) is 4.18 Å². The summed E-state index contributed by atoms with van der Waals surface area (Å²) in [6, 6.07) is 0. The van der Waals surface area contributed by atoms with Crippen molar-refractivity contribution in [3.8, 4) is 0 Å². The van der Waals surface area contributed by atoms with Crippen LogP contribution in [0.3, 0.4) is 0 Å². The molecule has 0 saturated heterocycles. The lowest BCUT2D eigenvalue weighted by Gasteiger charge is -2.29. The van der Waals surface area contributed by atoms with E-state index in [1.807, 2.05) is 0 Å². The fourth-order valence-corrected chi connectivity index (χ4v) is 3.80. The van der Waals surface area contributed by atoms with Gasteiger partial charge in [0.2, 0.25) is 0 Å². The molecule has 1 rings (SSSR count). The van der Waals surface area contributed by atoms with Gasteiger partial charge in [0.15, 0.2) is 11.1 Å². The van der Waals surface area contributed by atoms with E-state index in [0.717, 1.165) is 12.2 Å². The molecule has 0 amide bonds. The molecule has 0 N–H and O–H groups in total.